The van der Waals surface area contributed by atoms with Crippen LogP contribution in [0.2, 0.25) is 0 Å². The molecular weight excluding hydrogens is 189 g/mol. The van der Waals surface area contributed by atoms with Gasteiger partial charge in [-0.15, -0.1) is 0 Å². The van der Waals surface area contributed by atoms with Crippen LogP contribution in [0.3, 0.4) is 0 Å². The van der Waals surface area contributed by atoms with Gasteiger partial charge in [0, 0.05) is 6.04 Å². The van der Waals surface area contributed by atoms with Gasteiger partial charge >= 0.3 is 0 Å². The lowest BCUT2D eigenvalue weighted by atomic mass is 9.80. The highest BCUT2D eigenvalue weighted by Gasteiger charge is 2.20. The Labute approximate surface area is 90.5 Å². The Morgan fingerprint density at radius 1 is 1.33 bits per heavy atom. The molecule has 1 aromatic carbocycles. The average molecular weight is 207 g/mol. The summed E-state index contributed by atoms with van der Waals surface area (Å²) >= 11 is 0. The highest BCUT2D eigenvalue weighted by Crippen LogP contribution is 2.30. The summed E-state index contributed by atoms with van der Waals surface area (Å²) in [6, 6.07) is 7.04. The number of hydrogen-bond donors (Lipinski definition) is 1. The molecule has 1 aliphatic carbocycles. The summed E-state index contributed by atoms with van der Waals surface area (Å²) in [5.41, 5.74) is 6.77. The molecule has 1 aliphatic rings. The van der Waals surface area contributed by atoms with E-state index in [-0.39, 0.29) is 11.9 Å². The van der Waals surface area contributed by atoms with Crippen LogP contribution in [0.5, 0.6) is 0 Å². The van der Waals surface area contributed by atoms with Crippen molar-refractivity contribution in [1.82, 2.24) is 0 Å². The van der Waals surface area contributed by atoms with Crippen molar-refractivity contribution in [3.63, 3.8) is 0 Å². The summed E-state index contributed by atoms with van der Waals surface area (Å²) in [7, 11) is 0. The van der Waals surface area contributed by atoms with Gasteiger partial charge in [-0.2, -0.15) is 0 Å². The van der Waals surface area contributed by atoms with E-state index in [4.69, 9.17) is 5.73 Å². The molecule has 0 heterocycles. The van der Waals surface area contributed by atoms with E-state index in [2.05, 4.69) is 0 Å². The fraction of sp³-hybridized carbons (Fsp3) is 0.538. The van der Waals surface area contributed by atoms with Crippen molar-refractivity contribution in [3.05, 3.63) is 35.6 Å². The van der Waals surface area contributed by atoms with E-state index < -0.39 is 0 Å². The highest BCUT2D eigenvalue weighted by atomic mass is 19.1. The Morgan fingerprint density at radius 3 is 2.67 bits per heavy atom. The molecule has 0 bridgehead atoms. The Morgan fingerprint density at radius 2 is 2.07 bits per heavy atom. The predicted octanol–water partition coefficient (Wildman–Crippen LogP) is 2.89. The van der Waals surface area contributed by atoms with Crippen molar-refractivity contribution in [2.75, 3.05) is 0 Å². The quantitative estimate of drug-likeness (QED) is 0.807. The fourth-order valence-corrected chi connectivity index (χ4v) is 2.19. The van der Waals surface area contributed by atoms with E-state index in [1.54, 1.807) is 6.07 Å². The Bertz CT molecular complexity index is 320. The van der Waals surface area contributed by atoms with Crippen molar-refractivity contribution >= 4 is 0 Å². The Balaban J connectivity index is 1.87. The van der Waals surface area contributed by atoms with Gasteiger partial charge in [-0.3, -0.25) is 0 Å². The van der Waals surface area contributed by atoms with Gasteiger partial charge in [-0.25, -0.2) is 4.39 Å². The Hall–Kier alpha value is -0.890. The first kappa shape index (κ1) is 10.6. The topological polar surface area (TPSA) is 26.0 Å². The molecule has 1 saturated carbocycles. The minimum absolute atomic E-state index is 0.118. The van der Waals surface area contributed by atoms with Gasteiger partial charge in [0.2, 0.25) is 0 Å². The monoisotopic (exact) mass is 207 g/mol. The standard InChI is InChI=1S/C13H18FN/c14-13-7-2-1-6-11(13)9-12(15)8-10-4-3-5-10/h1-2,6-7,10,12H,3-5,8-9,15H2. The maximum absolute atomic E-state index is 13.3. The summed E-state index contributed by atoms with van der Waals surface area (Å²) in [4.78, 5) is 0. The largest absolute Gasteiger partial charge is 0.327 e. The number of hydrogen-bond acceptors (Lipinski definition) is 1. The second-order valence-electron chi connectivity index (χ2n) is 4.59. The third kappa shape index (κ3) is 2.78. The van der Waals surface area contributed by atoms with Gasteiger partial charge in [0.1, 0.15) is 5.82 Å². The first-order valence-electron chi connectivity index (χ1n) is 5.74. The molecule has 0 aromatic heterocycles. The first-order valence-corrected chi connectivity index (χ1v) is 5.74. The number of benzene rings is 1. The first-order chi connectivity index (χ1) is 7.25. The molecular formula is C13H18FN. The van der Waals surface area contributed by atoms with Crippen LogP contribution < -0.4 is 5.73 Å². The molecule has 0 spiro atoms. The molecule has 1 nitrogen and oxygen atoms in total. The molecule has 2 rings (SSSR count). The van der Waals surface area contributed by atoms with E-state index in [0.29, 0.717) is 6.42 Å². The van der Waals surface area contributed by atoms with E-state index in [1.807, 2.05) is 12.1 Å². The maximum Gasteiger partial charge on any atom is 0.126 e. The van der Waals surface area contributed by atoms with E-state index in [1.165, 1.54) is 25.3 Å². The van der Waals surface area contributed by atoms with Crippen LogP contribution in [0.1, 0.15) is 31.2 Å². The minimum Gasteiger partial charge on any atom is -0.327 e. The molecule has 1 fully saturated rings. The summed E-state index contributed by atoms with van der Waals surface area (Å²) in [6.45, 7) is 0. The molecule has 0 radical (unpaired) electrons. The van der Waals surface area contributed by atoms with Crippen molar-refractivity contribution < 1.29 is 4.39 Å². The molecule has 1 unspecified atom stereocenters. The van der Waals surface area contributed by atoms with Crippen LogP contribution in [0.4, 0.5) is 4.39 Å². The zero-order valence-electron chi connectivity index (χ0n) is 8.95. The van der Waals surface area contributed by atoms with Crippen molar-refractivity contribution in [2.24, 2.45) is 11.7 Å². The number of nitrogens with two attached hydrogens (primary N) is 1. The molecule has 15 heavy (non-hydrogen) atoms. The van der Waals surface area contributed by atoms with E-state index in [9.17, 15) is 4.39 Å². The molecule has 2 N–H and O–H groups in total. The van der Waals surface area contributed by atoms with Gasteiger partial charge in [-0.05, 0) is 30.4 Å². The third-order valence-corrected chi connectivity index (χ3v) is 3.30. The average Bonchev–Trinajstić information content (AvgIpc) is 2.16. The molecule has 1 aromatic rings. The smallest absolute Gasteiger partial charge is 0.126 e. The maximum atomic E-state index is 13.3. The van der Waals surface area contributed by atoms with Crippen LogP contribution in [-0.4, -0.2) is 6.04 Å². The SMILES string of the molecule is NC(Cc1ccccc1F)CC1CCC1. The van der Waals surface area contributed by atoms with Gasteiger partial charge in [0.25, 0.3) is 0 Å². The van der Waals surface area contributed by atoms with Gasteiger partial charge in [0.05, 0.1) is 0 Å². The number of halogens is 1. The molecule has 82 valence electrons. The predicted molar refractivity (Wildman–Crippen MR) is 60.0 cm³/mol. The van der Waals surface area contributed by atoms with Crippen LogP contribution in [0.15, 0.2) is 24.3 Å². The molecule has 1 atom stereocenters. The highest BCUT2D eigenvalue weighted by molar-refractivity contribution is 5.18. The summed E-state index contributed by atoms with van der Waals surface area (Å²) in [6.07, 6.45) is 5.69. The van der Waals surface area contributed by atoms with Crippen molar-refractivity contribution in [2.45, 2.75) is 38.1 Å². The molecule has 2 heteroatoms. The van der Waals surface area contributed by atoms with Crippen molar-refractivity contribution in [1.29, 1.82) is 0 Å². The summed E-state index contributed by atoms with van der Waals surface area (Å²) < 4.78 is 13.3. The molecule has 0 saturated heterocycles. The van der Waals surface area contributed by atoms with Crippen LogP contribution in [0.25, 0.3) is 0 Å². The van der Waals surface area contributed by atoms with Gasteiger partial charge in [-0.1, -0.05) is 37.5 Å². The van der Waals surface area contributed by atoms with Gasteiger partial charge < -0.3 is 5.73 Å². The second-order valence-corrected chi connectivity index (χ2v) is 4.59. The second kappa shape index (κ2) is 4.75. The van der Waals surface area contributed by atoms with Crippen LogP contribution in [-0.2, 0) is 6.42 Å². The van der Waals surface area contributed by atoms with E-state index >= 15 is 0 Å². The van der Waals surface area contributed by atoms with Crippen LogP contribution in [0, 0.1) is 11.7 Å². The fourth-order valence-electron chi connectivity index (χ4n) is 2.19. The lowest BCUT2D eigenvalue weighted by molar-refractivity contribution is 0.275. The van der Waals surface area contributed by atoms with Gasteiger partial charge in [0.15, 0.2) is 0 Å². The molecule has 0 aliphatic heterocycles. The minimum atomic E-state index is -0.124. The third-order valence-electron chi connectivity index (χ3n) is 3.30. The van der Waals surface area contributed by atoms with E-state index in [0.717, 1.165) is 17.9 Å². The lowest BCUT2D eigenvalue weighted by Crippen LogP contribution is -2.28. The zero-order chi connectivity index (χ0) is 10.7. The lowest BCUT2D eigenvalue weighted by Gasteiger charge is -2.28. The summed E-state index contributed by atoms with van der Waals surface area (Å²) in [5, 5.41) is 0. The Kier molecular flexibility index (Phi) is 3.37. The zero-order valence-corrected chi connectivity index (χ0v) is 8.95. The normalized spacial score (nSPS) is 18.5. The number of rotatable bonds is 4. The molecule has 0 amide bonds. The summed E-state index contributed by atoms with van der Waals surface area (Å²) in [5.74, 6) is 0.674. The van der Waals surface area contributed by atoms with Crippen molar-refractivity contribution in [3.8, 4) is 0 Å². The van der Waals surface area contributed by atoms with Crippen LogP contribution >= 0.6 is 0 Å².